The Hall–Kier alpha value is -2.49. The lowest BCUT2D eigenvalue weighted by atomic mass is 10.2. The second-order valence-corrected chi connectivity index (χ2v) is 5.34. The highest BCUT2D eigenvalue weighted by molar-refractivity contribution is 7.19. The molecule has 22 heavy (non-hydrogen) atoms. The zero-order chi connectivity index (χ0) is 15.9. The maximum Gasteiger partial charge on any atom is 0.471 e. The van der Waals surface area contributed by atoms with Gasteiger partial charge in [-0.25, -0.2) is 0 Å². The van der Waals surface area contributed by atoms with Crippen molar-refractivity contribution in [3.05, 3.63) is 30.1 Å². The second-order valence-electron chi connectivity index (χ2n) is 4.38. The SMILES string of the molecule is Cc1nnc2sc(-c3cccc(NC(=O)C(F)(F)F)c3)nn12. The van der Waals surface area contributed by atoms with Crippen LogP contribution in [0.25, 0.3) is 15.5 Å². The zero-order valence-corrected chi connectivity index (χ0v) is 11.9. The first-order chi connectivity index (χ1) is 10.3. The van der Waals surface area contributed by atoms with Gasteiger partial charge in [-0.05, 0) is 19.1 Å². The van der Waals surface area contributed by atoms with Gasteiger partial charge in [0.1, 0.15) is 5.01 Å². The van der Waals surface area contributed by atoms with E-state index in [-0.39, 0.29) is 5.69 Å². The summed E-state index contributed by atoms with van der Waals surface area (Å²) in [6.45, 7) is 1.74. The highest BCUT2D eigenvalue weighted by Crippen LogP contribution is 2.28. The van der Waals surface area contributed by atoms with Crippen LogP contribution in [-0.4, -0.2) is 31.9 Å². The van der Waals surface area contributed by atoms with Gasteiger partial charge in [-0.2, -0.15) is 22.8 Å². The summed E-state index contributed by atoms with van der Waals surface area (Å²) in [7, 11) is 0. The van der Waals surface area contributed by atoms with Crippen LogP contribution in [0.3, 0.4) is 0 Å². The molecule has 0 unspecified atom stereocenters. The Bertz CT molecular complexity index is 854. The summed E-state index contributed by atoms with van der Waals surface area (Å²) in [6.07, 6.45) is -4.93. The summed E-state index contributed by atoms with van der Waals surface area (Å²) >= 11 is 1.25. The fourth-order valence-corrected chi connectivity index (χ4v) is 2.64. The third-order valence-electron chi connectivity index (χ3n) is 2.77. The lowest BCUT2D eigenvalue weighted by molar-refractivity contribution is -0.167. The molecular weight excluding hydrogens is 319 g/mol. The fraction of sp³-hybridized carbons (Fsp3) is 0.167. The number of fused-ring (bicyclic) bond motifs is 1. The molecule has 0 radical (unpaired) electrons. The van der Waals surface area contributed by atoms with Crippen LogP contribution < -0.4 is 5.32 Å². The minimum absolute atomic E-state index is 0.0440. The molecule has 0 bridgehead atoms. The number of alkyl halides is 3. The van der Waals surface area contributed by atoms with Crippen molar-refractivity contribution >= 4 is 27.9 Å². The quantitative estimate of drug-likeness (QED) is 0.785. The van der Waals surface area contributed by atoms with Crippen LogP contribution in [0.1, 0.15) is 5.82 Å². The van der Waals surface area contributed by atoms with Crippen LogP contribution in [-0.2, 0) is 4.79 Å². The van der Waals surface area contributed by atoms with E-state index in [1.54, 1.807) is 17.5 Å². The molecule has 0 saturated carbocycles. The molecule has 0 spiro atoms. The Labute approximate surface area is 125 Å². The van der Waals surface area contributed by atoms with Gasteiger partial charge in [0.25, 0.3) is 0 Å². The summed E-state index contributed by atoms with van der Waals surface area (Å²) in [5.41, 5.74) is 0.623. The van der Waals surface area contributed by atoms with Crippen molar-refractivity contribution in [3.8, 4) is 10.6 Å². The first-order valence-electron chi connectivity index (χ1n) is 6.02. The van der Waals surface area contributed by atoms with E-state index in [1.165, 1.54) is 29.5 Å². The first-order valence-corrected chi connectivity index (χ1v) is 6.84. The van der Waals surface area contributed by atoms with Crippen LogP contribution in [0.5, 0.6) is 0 Å². The predicted octanol–water partition coefficient (Wildman–Crippen LogP) is 2.66. The zero-order valence-electron chi connectivity index (χ0n) is 11.0. The maximum atomic E-state index is 12.3. The monoisotopic (exact) mass is 327 g/mol. The molecular formula is C12H8F3N5OS. The number of nitrogens with one attached hydrogen (secondary N) is 1. The molecule has 0 aliphatic heterocycles. The third kappa shape index (κ3) is 2.64. The van der Waals surface area contributed by atoms with E-state index in [2.05, 4.69) is 15.3 Å². The molecule has 1 aromatic carbocycles. The van der Waals surface area contributed by atoms with Crippen molar-refractivity contribution in [2.75, 3.05) is 5.32 Å². The van der Waals surface area contributed by atoms with E-state index in [0.717, 1.165) is 0 Å². The number of halogens is 3. The second kappa shape index (κ2) is 5.05. The highest BCUT2D eigenvalue weighted by atomic mass is 32.1. The molecule has 3 aromatic rings. The van der Waals surface area contributed by atoms with Gasteiger partial charge in [-0.1, -0.05) is 23.5 Å². The van der Waals surface area contributed by atoms with E-state index in [9.17, 15) is 18.0 Å². The van der Waals surface area contributed by atoms with Crippen molar-refractivity contribution < 1.29 is 18.0 Å². The van der Waals surface area contributed by atoms with Gasteiger partial charge < -0.3 is 5.32 Å². The number of aromatic nitrogens is 4. The molecule has 0 saturated heterocycles. The van der Waals surface area contributed by atoms with Gasteiger partial charge in [0, 0.05) is 11.3 Å². The first kappa shape index (κ1) is 14.4. The molecule has 2 aromatic heterocycles. The van der Waals surface area contributed by atoms with Crippen molar-refractivity contribution in [2.24, 2.45) is 0 Å². The van der Waals surface area contributed by atoms with E-state index in [4.69, 9.17) is 0 Å². The van der Waals surface area contributed by atoms with Crippen LogP contribution in [0.15, 0.2) is 24.3 Å². The number of rotatable bonds is 2. The number of benzene rings is 1. The molecule has 1 N–H and O–H groups in total. The summed E-state index contributed by atoms with van der Waals surface area (Å²) in [6, 6.07) is 6.02. The van der Waals surface area contributed by atoms with Crippen molar-refractivity contribution in [3.63, 3.8) is 0 Å². The molecule has 114 valence electrons. The molecule has 0 atom stereocenters. The number of hydrogen-bond donors (Lipinski definition) is 1. The average molecular weight is 327 g/mol. The van der Waals surface area contributed by atoms with Crippen LogP contribution in [0.2, 0.25) is 0 Å². The summed E-state index contributed by atoms with van der Waals surface area (Å²) < 4.78 is 38.3. The van der Waals surface area contributed by atoms with Gasteiger partial charge in [0.2, 0.25) is 4.96 Å². The molecule has 3 rings (SSSR count). The van der Waals surface area contributed by atoms with E-state index >= 15 is 0 Å². The Kier molecular flexibility index (Phi) is 3.32. The summed E-state index contributed by atoms with van der Waals surface area (Å²) in [5, 5.41) is 14.4. The van der Waals surface area contributed by atoms with Crippen LogP contribution in [0, 0.1) is 6.92 Å². The van der Waals surface area contributed by atoms with E-state index in [1.807, 2.05) is 5.32 Å². The molecule has 0 aliphatic carbocycles. The number of hydrogen-bond acceptors (Lipinski definition) is 5. The molecule has 0 fully saturated rings. The lowest BCUT2D eigenvalue weighted by Gasteiger charge is -2.08. The molecule has 0 aliphatic rings. The number of anilines is 1. The minimum Gasteiger partial charge on any atom is -0.318 e. The predicted molar refractivity (Wildman–Crippen MR) is 73.5 cm³/mol. The molecule has 6 nitrogen and oxygen atoms in total. The number of aryl methyl sites for hydroxylation is 1. The Morgan fingerprint density at radius 3 is 2.77 bits per heavy atom. The highest BCUT2D eigenvalue weighted by Gasteiger charge is 2.38. The fourth-order valence-electron chi connectivity index (χ4n) is 1.76. The molecule has 10 heteroatoms. The van der Waals surface area contributed by atoms with Gasteiger partial charge in [0.15, 0.2) is 5.82 Å². The summed E-state index contributed by atoms with van der Waals surface area (Å²) in [5.74, 6) is -1.40. The Balaban J connectivity index is 1.92. The van der Waals surface area contributed by atoms with Gasteiger partial charge >= 0.3 is 12.1 Å². The number of amides is 1. The smallest absolute Gasteiger partial charge is 0.318 e. The normalized spacial score (nSPS) is 11.8. The largest absolute Gasteiger partial charge is 0.471 e. The van der Waals surface area contributed by atoms with E-state index in [0.29, 0.717) is 21.4 Å². The summed E-state index contributed by atoms with van der Waals surface area (Å²) in [4.78, 5) is 11.5. The van der Waals surface area contributed by atoms with Gasteiger partial charge in [-0.3, -0.25) is 4.79 Å². The van der Waals surface area contributed by atoms with Crippen molar-refractivity contribution in [1.29, 1.82) is 0 Å². The van der Waals surface area contributed by atoms with E-state index < -0.39 is 12.1 Å². The topological polar surface area (TPSA) is 72.2 Å². The molecule has 2 heterocycles. The average Bonchev–Trinajstić information content (AvgIpc) is 3.01. The Morgan fingerprint density at radius 1 is 1.32 bits per heavy atom. The van der Waals surface area contributed by atoms with Crippen LogP contribution in [0.4, 0.5) is 18.9 Å². The lowest BCUT2D eigenvalue weighted by Crippen LogP contribution is -2.29. The maximum absolute atomic E-state index is 12.3. The number of nitrogens with zero attached hydrogens (tertiary/aromatic N) is 4. The van der Waals surface area contributed by atoms with Crippen molar-refractivity contribution in [1.82, 2.24) is 19.8 Å². The van der Waals surface area contributed by atoms with Crippen molar-refractivity contribution in [2.45, 2.75) is 13.1 Å². The third-order valence-corrected chi connectivity index (χ3v) is 3.72. The Morgan fingerprint density at radius 2 is 2.09 bits per heavy atom. The number of carbonyl (C=O) groups excluding carboxylic acids is 1. The minimum atomic E-state index is -4.93. The van der Waals surface area contributed by atoms with Crippen LogP contribution >= 0.6 is 11.3 Å². The number of carbonyl (C=O) groups is 1. The standard InChI is InChI=1S/C12H8F3N5OS/c1-6-17-18-11-20(6)19-9(22-11)7-3-2-4-8(5-7)16-10(21)12(13,14)15/h2-5H,1H3,(H,16,21). The van der Waals surface area contributed by atoms with Gasteiger partial charge in [0.05, 0.1) is 0 Å². The van der Waals surface area contributed by atoms with Gasteiger partial charge in [-0.15, -0.1) is 10.2 Å². The molecule has 1 amide bonds.